The maximum Gasteiger partial charge on any atom is 0.239 e. The van der Waals surface area contributed by atoms with Crippen LogP contribution < -0.4 is 10.2 Å². The van der Waals surface area contributed by atoms with Gasteiger partial charge in [0.1, 0.15) is 0 Å². The van der Waals surface area contributed by atoms with Gasteiger partial charge in [-0.2, -0.15) is 0 Å². The van der Waals surface area contributed by atoms with Crippen LogP contribution in [-0.4, -0.2) is 37.3 Å². The van der Waals surface area contributed by atoms with Crippen LogP contribution in [0.4, 0.5) is 5.69 Å². The van der Waals surface area contributed by atoms with Gasteiger partial charge in [-0.3, -0.25) is 4.79 Å². The summed E-state index contributed by atoms with van der Waals surface area (Å²) in [6.07, 6.45) is 0.928. The minimum Gasteiger partial charge on any atom is -0.395 e. The Kier molecular flexibility index (Phi) is 6.10. The standard InChI is InChI=1S/C13H20N2O2/c1-2-8-14-13(17)11-15(9-10-16)12-6-4-3-5-7-12/h3-7,16H,2,8-11H2,1H3,(H,14,17). The molecule has 1 aromatic carbocycles. The van der Waals surface area contributed by atoms with Gasteiger partial charge in [-0.15, -0.1) is 0 Å². The number of nitrogens with zero attached hydrogens (tertiary/aromatic N) is 1. The number of anilines is 1. The maximum absolute atomic E-state index is 11.6. The predicted molar refractivity (Wildman–Crippen MR) is 69.0 cm³/mol. The number of benzene rings is 1. The summed E-state index contributed by atoms with van der Waals surface area (Å²) in [5.41, 5.74) is 0.952. The van der Waals surface area contributed by atoms with E-state index in [1.807, 2.05) is 42.2 Å². The van der Waals surface area contributed by atoms with Gasteiger partial charge in [0.25, 0.3) is 0 Å². The molecule has 0 aromatic heterocycles. The highest BCUT2D eigenvalue weighted by Crippen LogP contribution is 2.11. The van der Waals surface area contributed by atoms with E-state index in [0.717, 1.165) is 12.1 Å². The van der Waals surface area contributed by atoms with Crippen molar-refractivity contribution < 1.29 is 9.90 Å². The monoisotopic (exact) mass is 236 g/mol. The lowest BCUT2D eigenvalue weighted by molar-refractivity contribution is -0.119. The maximum atomic E-state index is 11.6. The molecule has 1 rings (SSSR count). The average Bonchev–Trinajstić information content (AvgIpc) is 2.37. The van der Waals surface area contributed by atoms with Gasteiger partial charge in [0.15, 0.2) is 0 Å². The van der Waals surface area contributed by atoms with E-state index in [1.165, 1.54) is 0 Å². The van der Waals surface area contributed by atoms with Gasteiger partial charge in [0.05, 0.1) is 13.2 Å². The Morgan fingerprint density at radius 3 is 2.65 bits per heavy atom. The lowest BCUT2D eigenvalue weighted by Gasteiger charge is -2.23. The third kappa shape index (κ3) is 4.87. The molecule has 17 heavy (non-hydrogen) atoms. The first-order valence-electron chi connectivity index (χ1n) is 5.95. The van der Waals surface area contributed by atoms with E-state index in [1.54, 1.807) is 0 Å². The summed E-state index contributed by atoms with van der Waals surface area (Å²) in [7, 11) is 0. The fourth-order valence-electron chi connectivity index (χ4n) is 1.55. The molecular weight excluding hydrogens is 216 g/mol. The minimum atomic E-state index is -0.0100. The molecule has 2 N–H and O–H groups in total. The zero-order valence-electron chi connectivity index (χ0n) is 10.2. The van der Waals surface area contributed by atoms with Gasteiger partial charge in [0, 0.05) is 18.8 Å². The molecule has 1 aromatic rings. The number of hydrogen-bond donors (Lipinski definition) is 2. The number of aliphatic hydroxyl groups excluding tert-OH is 1. The third-order valence-corrected chi connectivity index (χ3v) is 2.40. The summed E-state index contributed by atoms with van der Waals surface area (Å²) in [4.78, 5) is 13.5. The Bertz CT molecular complexity index is 327. The quantitative estimate of drug-likeness (QED) is 0.743. The van der Waals surface area contributed by atoms with Crippen LogP contribution in [0.1, 0.15) is 13.3 Å². The molecule has 0 aliphatic heterocycles. The summed E-state index contributed by atoms with van der Waals surface area (Å²) < 4.78 is 0. The lowest BCUT2D eigenvalue weighted by atomic mass is 10.3. The van der Waals surface area contributed by atoms with Crippen LogP contribution in [0.5, 0.6) is 0 Å². The van der Waals surface area contributed by atoms with Crippen LogP contribution in [0.3, 0.4) is 0 Å². The Morgan fingerprint density at radius 1 is 1.35 bits per heavy atom. The fraction of sp³-hybridized carbons (Fsp3) is 0.462. The van der Waals surface area contributed by atoms with Gasteiger partial charge in [-0.25, -0.2) is 0 Å². The summed E-state index contributed by atoms with van der Waals surface area (Å²) in [5, 5.41) is 11.8. The molecule has 0 saturated heterocycles. The van der Waals surface area contributed by atoms with Crippen molar-refractivity contribution in [1.82, 2.24) is 5.32 Å². The summed E-state index contributed by atoms with van der Waals surface area (Å²) in [5.74, 6) is -0.0100. The van der Waals surface area contributed by atoms with Crippen LogP contribution in [0.15, 0.2) is 30.3 Å². The number of para-hydroxylation sites is 1. The highest BCUT2D eigenvalue weighted by molar-refractivity contribution is 5.81. The second-order valence-electron chi connectivity index (χ2n) is 3.83. The highest BCUT2D eigenvalue weighted by atomic mass is 16.3. The molecule has 0 spiro atoms. The van der Waals surface area contributed by atoms with Crippen LogP contribution >= 0.6 is 0 Å². The summed E-state index contributed by atoms with van der Waals surface area (Å²) in [6, 6.07) is 9.64. The second-order valence-corrected chi connectivity index (χ2v) is 3.83. The van der Waals surface area contributed by atoms with E-state index < -0.39 is 0 Å². The predicted octanol–water partition coefficient (Wildman–Crippen LogP) is 1.01. The van der Waals surface area contributed by atoms with Crippen LogP contribution in [0, 0.1) is 0 Å². The normalized spacial score (nSPS) is 10.0. The van der Waals surface area contributed by atoms with E-state index in [2.05, 4.69) is 5.32 Å². The van der Waals surface area contributed by atoms with Gasteiger partial charge >= 0.3 is 0 Å². The third-order valence-electron chi connectivity index (χ3n) is 2.40. The first-order valence-corrected chi connectivity index (χ1v) is 5.95. The molecule has 94 valence electrons. The zero-order chi connectivity index (χ0) is 12.5. The molecule has 0 aliphatic rings. The Morgan fingerprint density at radius 2 is 2.06 bits per heavy atom. The first kappa shape index (κ1) is 13.5. The zero-order valence-corrected chi connectivity index (χ0v) is 10.2. The van der Waals surface area contributed by atoms with Crippen LogP contribution in [-0.2, 0) is 4.79 Å². The van der Waals surface area contributed by atoms with Crippen molar-refractivity contribution in [3.63, 3.8) is 0 Å². The molecule has 0 atom stereocenters. The van der Waals surface area contributed by atoms with Crippen molar-refractivity contribution in [2.45, 2.75) is 13.3 Å². The molecule has 4 heteroatoms. The largest absolute Gasteiger partial charge is 0.395 e. The van der Waals surface area contributed by atoms with E-state index in [9.17, 15) is 4.79 Å². The molecule has 4 nitrogen and oxygen atoms in total. The average molecular weight is 236 g/mol. The fourth-order valence-corrected chi connectivity index (χ4v) is 1.55. The highest BCUT2D eigenvalue weighted by Gasteiger charge is 2.09. The molecule has 0 saturated carbocycles. The molecule has 0 unspecified atom stereocenters. The summed E-state index contributed by atoms with van der Waals surface area (Å²) >= 11 is 0. The van der Waals surface area contributed by atoms with Crippen LogP contribution in [0.25, 0.3) is 0 Å². The number of aliphatic hydroxyl groups is 1. The minimum absolute atomic E-state index is 0.0100. The summed E-state index contributed by atoms with van der Waals surface area (Å²) in [6.45, 7) is 3.49. The SMILES string of the molecule is CCCNC(=O)CN(CCO)c1ccccc1. The van der Waals surface area contributed by atoms with Crippen molar-refractivity contribution in [3.05, 3.63) is 30.3 Å². The second kappa shape index (κ2) is 7.68. The number of rotatable bonds is 7. The smallest absolute Gasteiger partial charge is 0.239 e. The van der Waals surface area contributed by atoms with Crippen molar-refractivity contribution in [2.75, 3.05) is 31.1 Å². The van der Waals surface area contributed by atoms with E-state index in [4.69, 9.17) is 5.11 Å². The lowest BCUT2D eigenvalue weighted by Crippen LogP contribution is -2.39. The van der Waals surface area contributed by atoms with Crippen LogP contribution in [0.2, 0.25) is 0 Å². The molecule has 0 heterocycles. The van der Waals surface area contributed by atoms with E-state index >= 15 is 0 Å². The number of carbonyl (C=O) groups is 1. The molecule has 0 radical (unpaired) electrons. The number of hydrogen-bond acceptors (Lipinski definition) is 3. The van der Waals surface area contributed by atoms with E-state index in [0.29, 0.717) is 13.1 Å². The van der Waals surface area contributed by atoms with Crippen molar-refractivity contribution >= 4 is 11.6 Å². The van der Waals surface area contributed by atoms with Crippen molar-refractivity contribution in [1.29, 1.82) is 0 Å². The Hall–Kier alpha value is -1.55. The van der Waals surface area contributed by atoms with Gasteiger partial charge in [0.2, 0.25) is 5.91 Å². The van der Waals surface area contributed by atoms with Gasteiger partial charge in [-0.05, 0) is 18.6 Å². The van der Waals surface area contributed by atoms with Crippen molar-refractivity contribution in [3.8, 4) is 0 Å². The molecule has 0 aliphatic carbocycles. The molecular formula is C13H20N2O2. The molecule has 0 fully saturated rings. The first-order chi connectivity index (χ1) is 8.27. The molecule has 1 amide bonds. The van der Waals surface area contributed by atoms with E-state index in [-0.39, 0.29) is 19.1 Å². The Labute approximate surface area is 102 Å². The van der Waals surface area contributed by atoms with Crippen molar-refractivity contribution in [2.24, 2.45) is 0 Å². The Balaban J connectivity index is 2.57. The number of carbonyl (C=O) groups excluding carboxylic acids is 1. The van der Waals surface area contributed by atoms with Gasteiger partial charge in [-0.1, -0.05) is 25.1 Å². The number of amides is 1. The number of nitrogens with one attached hydrogen (secondary N) is 1. The van der Waals surface area contributed by atoms with Gasteiger partial charge < -0.3 is 15.3 Å². The topological polar surface area (TPSA) is 52.6 Å². The molecule has 0 bridgehead atoms.